The van der Waals surface area contributed by atoms with Gasteiger partial charge in [-0.25, -0.2) is 13.9 Å². The summed E-state index contributed by atoms with van der Waals surface area (Å²) in [7, 11) is 0. The number of carbonyl (C=O) groups excluding carboxylic acids is 1. The van der Waals surface area contributed by atoms with Crippen LogP contribution in [0.15, 0.2) is 24.5 Å². The third kappa shape index (κ3) is 4.72. The number of anilines is 1. The zero-order valence-corrected chi connectivity index (χ0v) is 18.9. The number of nitrogens with zero attached hydrogens (tertiary/aromatic N) is 5. The number of halogens is 1. The number of aryl methyl sites for hydroxylation is 2. The summed E-state index contributed by atoms with van der Waals surface area (Å²) in [6.45, 7) is 9.45. The minimum atomic E-state index is -0.281. The van der Waals surface area contributed by atoms with E-state index in [1.807, 2.05) is 38.7 Å². The second-order valence-electron chi connectivity index (χ2n) is 8.46. The zero-order chi connectivity index (χ0) is 22.8. The molecule has 8 nitrogen and oxygen atoms in total. The molecule has 2 aromatic heterocycles. The molecule has 1 aliphatic heterocycles. The maximum absolute atomic E-state index is 14.8. The molecule has 0 spiro atoms. The standard InChI is InChI=1S/C23H29FN6O2/c1-14-11-29(12-15(2)32-14)21-7-5-18(9-20(21)24)10-25-22(31)8-6-19-16(3)28-23-26-13-27-30(23)17(19)4/h5,7,9,13-15H,6,8,10-12H2,1-4H3,(H,25,31). The topological polar surface area (TPSA) is 84.6 Å². The highest BCUT2D eigenvalue weighted by molar-refractivity contribution is 5.76. The van der Waals surface area contributed by atoms with Gasteiger partial charge in [-0.1, -0.05) is 6.07 Å². The lowest BCUT2D eigenvalue weighted by Crippen LogP contribution is -2.45. The van der Waals surface area contributed by atoms with Crippen molar-refractivity contribution >= 4 is 17.4 Å². The van der Waals surface area contributed by atoms with E-state index in [1.54, 1.807) is 10.6 Å². The Balaban J connectivity index is 1.34. The van der Waals surface area contributed by atoms with E-state index >= 15 is 0 Å². The smallest absolute Gasteiger partial charge is 0.252 e. The van der Waals surface area contributed by atoms with Crippen molar-refractivity contribution in [2.45, 2.75) is 59.3 Å². The van der Waals surface area contributed by atoms with Gasteiger partial charge in [0.2, 0.25) is 5.91 Å². The van der Waals surface area contributed by atoms with Crippen molar-refractivity contribution < 1.29 is 13.9 Å². The minimum absolute atomic E-state index is 0.0601. The van der Waals surface area contributed by atoms with E-state index in [1.165, 1.54) is 12.4 Å². The average Bonchev–Trinajstić information content (AvgIpc) is 3.20. The Morgan fingerprint density at radius 3 is 2.72 bits per heavy atom. The van der Waals surface area contributed by atoms with Crippen LogP contribution in [0.1, 0.15) is 42.8 Å². The van der Waals surface area contributed by atoms with Gasteiger partial charge in [-0.3, -0.25) is 4.79 Å². The van der Waals surface area contributed by atoms with E-state index in [-0.39, 0.29) is 30.5 Å². The predicted molar refractivity (Wildman–Crippen MR) is 119 cm³/mol. The van der Waals surface area contributed by atoms with Crippen molar-refractivity contribution in [2.75, 3.05) is 18.0 Å². The van der Waals surface area contributed by atoms with Crippen molar-refractivity contribution in [3.05, 3.63) is 52.9 Å². The van der Waals surface area contributed by atoms with Crippen LogP contribution < -0.4 is 10.2 Å². The molecule has 0 radical (unpaired) electrons. The fourth-order valence-corrected chi connectivity index (χ4v) is 4.34. The summed E-state index contributed by atoms with van der Waals surface area (Å²) in [6.07, 6.45) is 2.45. The van der Waals surface area contributed by atoms with Crippen molar-refractivity contribution in [1.29, 1.82) is 0 Å². The summed E-state index contributed by atoms with van der Waals surface area (Å²) in [5, 5.41) is 7.06. The second kappa shape index (κ2) is 9.20. The Kier molecular flexibility index (Phi) is 6.36. The molecule has 1 amide bonds. The van der Waals surface area contributed by atoms with Crippen LogP contribution in [-0.4, -0.2) is 50.8 Å². The summed E-state index contributed by atoms with van der Waals surface area (Å²) >= 11 is 0. The number of benzene rings is 1. The quantitative estimate of drug-likeness (QED) is 0.635. The number of rotatable bonds is 6. The number of aromatic nitrogens is 4. The van der Waals surface area contributed by atoms with Crippen LogP contribution in [0.25, 0.3) is 5.78 Å². The summed E-state index contributed by atoms with van der Waals surface area (Å²) in [5.41, 5.74) is 4.07. The molecule has 170 valence electrons. The van der Waals surface area contributed by atoms with Crippen LogP contribution in [0.4, 0.5) is 10.1 Å². The third-order valence-electron chi connectivity index (χ3n) is 5.85. The van der Waals surface area contributed by atoms with Crippen LogP contribution in [-0.2, 0) is 22.5 Å². The van der Waals surface area contributed by atoms with Crippen molar-refractivity contribution in [2.24, 2.45) is 0 Å². The van der Waals surface area contributed by atoms with Gasteiger partial charge in [0, 0.05) is 37.4 Å². The fraction of sp³-hybridized carbons (Fsp3) is 0.478. The van der Waals surface area contributed by atoms with Gasteiger partial charge < -0.3 is 15.0 Å². The lowest BCUT2D eigenvalue weighted by atomic mass is 10.1. The normalized spacial score (nSPS) is 18.8. The minimum Gasteiger partial charge on any atom is -0.372 e. The van der Waals surface area contributed by atoms with Gasteiger partial charge in [-0.05, 0) is 57.4 Å². The van der Waals surface area contributed by atoms with Crippen molar-refractivity contribution in [3.63, 3.8) is 0 Å². The first-order valence-corrected chi connectivity index (χ1v) is 10.9. The number of hydrogen-bond acceptors (Lipinski definition) is 6. The molecule has 1 aliphatic rings. The maximum Gasteiger partial charge on any atom is 0.252 e. The Morgan fingerprint density at radius 1 is 1.25 bits per heavy atom. The van der Waals surface area contributed by atoms with Gasteiger partial charge in [-0.15, -0.1) is 0 Å². The summed E-state index contributed by atoms with van der Waals surface area (Å²) in [6, 6.07) is 5.14. The molecule has 0 saturated carbocycles. The van der Waals surface area contributed by atoms with Gasteiger partial charge >= 0.3 is 0 Å². The van der Waals surface area contributed by atoms with Gasteiger partial charge in [0.25, 0.3) is 5.78 Å². The number of carbonyl (C=O) groups is 1. The van der Waals surface area contributed by atoms with E-state index in [2.05, 4.69) is 20.4 Å². The second-order valence-corrected chi connectivity index (χ2v) is 8.46. The van der Waals surface area contributed by atoms with E-state index in [9.17, 15) is 9.18 Å². The van der Waals surface area contributed by atoms with Gasteiger partial charge in [-0.2, -0.15) is 10.1 Å². The average molecular weight is 441 g/mol. The number of nitrogens with one attached hydrogen (secondary N) is 1. The Hall–Kier alpha value is -3.07. The molecule has 32 heavy (non-hydrogen) atoms. The first-order valence-electron chi connectivity index (χ1n) is 10.9. The monoisotopic (exact) mass is 440 g/mol. The molecule has 4 rings (SSSR count). The summed E-state index contributed by atoms with van der Waals surface area (Å²) in [5.74, 6) is 0.180. The Morgan fingerprint density at radius 2 is 2.00 bits per heavy atom. The molecule has 3 heterocycles. The maximum atomic E-state index is 14.8. The molecule has 1 N–H and O–H groups in total. The molecule has 9 heteroatoms. The zero-order valence-electron chi connectivity index (χ0n) is 18.9. The molecular formula is C23H29FN6O2. The van der Waals surface area contributed by atoms with Crippen LogP contribution in [0, 0.1) is 19.7 Å². The first-order chi connectivity index (χ1) is 15.3. The number of ether oxygens (including phenoxy) is 1. The lowest BCUT2D eigenvalue weighted by Gasteiger charge is -2.37. The number of amides is 1. The van der Waals surface area contributed by atoms with Crippen LogP contribution in [0.2, 0.25) is 0 Å². The molecular weight excluding hydrogens is 411 g/mol. The Labute approximate surface area is 186 Å². The van der Waals surface area contributed by atoms with Crippen LogP contribution in [0.3, 0.4) is 0 Å². The molecule has 2 unspecified atom stereocenters. The van der Waals surface area contributed by atoms with Crippen LogP contribution in [0.5, 0.6) is 0 Å². The molecule has 1 fully saturated rings. The highest BCUT2D eigenvalue weighted by atomic mass is 19.1. The molecule has 1 aromatic carbocycles. The third-order valence-corrected chi connectivity index (χ3v) is 5.85. The highest BCUT2D eigenvalue weighted by Crippen LogP contribution is 2.24. The molecule has 0 aliphatic carbocycles. The Bertz CT molecular complexity index is 1120. The van der Waals surface area contributed by atoms with E-state index in [0.717, 1.165) is 22.5 Å². The lowest BCUT2D eigenvalue weighted by molar-refractivity contribution is -0.121. The molecule has 1 saturated heterocycles. The first kappa shape index (κ1) is 22.1. The number of morpholine rings is 1. The molecule has 2 atom stereocenters. The van der Waals surface area contributed by atoms with Gasteiger partial charge in [0.15, 0.2) is 0 Å². The summed E-state index contributed by atoms with van der Waals surface area (Å²) in [4.78, 5) is 23.0. The number of fused-ring (bicyclic) bond motifs is 1. The predicted octanol–water partition coefficient (Wildman–Crippen LogP) is 2.74. The molecule has 3 aromatic rings. The van der Waals surface area contributed by atoms with E-state index < -0.39 is 0 Å². The van der Waals surface area contributed by atoms with Crippen LogP contribution >= 0.6 is 0 Å². The highest BCUT2D eigenvalue weighted by Gasteiger charge is 2.24. The number of hydrogen-bond donors (Lipinski definition) is 1. The SMILES string of the molecule is Cc1nc2ncnn2c(C)c1CCC(=O)NCc1ccc(N2CC(C)OC(C)C2)c(F)c1. The van der Waals surface area contributed by atoms with Gasteiger partial charge in [0.1, 0.15) is 12.1 Å². The van der Waals surface area contributed by atoms with Crippen molar-refractivity contribution in [3.8, 4) is 0 Å². The van der Waals surface area contributed by atoms with E-state index in [0.29, 0.717) is 37.4 Å². The molecule has 0 bridgehead atoms. The largest absolute Gasteiger partial charge is 0.372 e. The van der Waals surface area contributed by atoms with Crippen molar-refractivity contribution in [1.82, 2.24) is 24.9 Å². The van der Waals surface area contributed by atoms with E-state index in [4.69, 9.17) is 4.74 Å². The van der Waals surface area contributed by atoms with Gasteiger partial charge in [0.05, 0.1) is 17.9 Å². The fourth-order valence-electron chi connectivity index (χ4n) is 4.34. The summed E-state index contributed by atoms with van der Waals surface area (Å²) < 4.78 is 22.2.